The molecule has 1 aromatic rings. The van der Waals surface area contributed by atoms with E-state index in [1.807, 2.05) is 0 Å². The van der Waals surface area contributed by atoms with Gasteiger partial charge in [0.1, 0.15) is 18.5 Å². The normalized spacial score (nSPS) is 18.8. The van der Waals surface area contributed by atoms with Crippen LogP contribution in [-0.2, 0) is 0 Å². The lowest BCUT2D eigenvalue weighted by Crippen LogP contribution is -2.51. The standard InChI is InChI=1S/C14H18BrF3N2O/c1-9-6-10(15)7-11(12(9)16)13(14(17,18)8-21)20-4-2-19-3-5-20/h6-7,13,19,21H,2-5,8H2,1H3/t13-/m1/s1. The third-order valence-corrected chi connectivity index (χ3v) is 4.13. The lowest BCUT2D eigenvalue weighted by Gasteiger charge is -2.39. The molecule has 0 unspecified atom stereocenters. The molecule has 0 radical (unpaired) electrons. The molecule has 1 aliphatic heterocycles. The van der Waals surface area contributed by atoms with Gasteiger partial charge in [0, 0.05) is 36.2 Å². The summed E-state index contributed by atoms with van der Waals surface area (Å²) in [4.78, 5) is 1.52. The van der Waals surface area contributed by atoms with E-state index < -0.39 is 24.4 Å². The van der Waals surface area contributed by atoms with E-state index in [2.05, 4.69) is 21.2 Å². The van der Waals surface area contributed by atoms with E-state index in [1.54, 1.807) is 6.07 Å². The van der Waals surface area contributed by atoms with E-state index in [-0.39, 0.29) is 5.56 Å². The van der Waals surface area contributed by atoms with Crippen molar-refractivity contribution in [1.82, 2.24) is 10.2 Å². The van der Waals surface area contributed by atoms with Crippen LogP contribution in [0, 0.1) is 12.7 Å². The minimum atomic E-state index is -3.41. The minimum absolute atomic E-state index is 0.0807. The molecule has 0 amide bonds. The Balaban J connectivity index is 2.49. The van der Waals surface area contributed by atoms with E-state index in [0.29, 0.717) is 36.2 Å². The number of rotatable bonds is 4. The topological polar surface area (TPSA) is 35.5 Å². The molecule has 0 aliphatic carbocycles. The van der Waals surface area contributed by atoms with Gasteiger partial charge in [0.2, 0.25) is 0 Å². The molecule has 1 saturated heterocycles. The van der Waals surface area contributed by atoms with E-state index in [1.165, 1.54) is 17.9 Å². The molecular formula is C14H18BrF3N2O. The van der Waals surface area contributed by atoms with Gasteiger partial charge >= 0.3 is 0 Å². The number of alkyl halides is 2. The molecule has 3 nitrogen and oxygen atoms in total. The van der Waals surface area contributed by atoms with Crippen LogP contribution in [0.15, 0.2) is 16.6 Å². The van der Waals surface area contributed by atoms with Crippen LogP contribution in [0.1, 0.15) is 17.2 Å². The predicted molar refractivity (Wildman–Crippen MR) is 78.1 cm³/mol. The Bertz CT molecular complexity index is 507. The number of hydrogen-bond donors (Lipinski definition) is 2. The second kappa shape index (κ2) is 6.64. The Labute approximate surface area is 130 Å². The van der Waals surface area contributed by atoms with Gasteiger partial charge in [-0.2, -0.15) is 0 Å². The van der Waals surface area contributed by atoms with Gasteiger partial charge in [0.25, 0.3) is 5.92 Å². The number of aliphatic hydroxyl groups excluding tert-OH is 1. The summed E-state index contributed by atoms with van der Waals surface area (Å²) in [7, 11) is 0. The van der Waals surface area contributed by atoms with Crippen molar-refractivity contribution >= 4 is 15.9 Å². The van der Waals surface area contributed by atoms with Crippen molar-refractivity contribution in [3.05, 3.63) is 33.5 Å². The van der Waals surface area contributed by atoms with Crippen molar-refractivity contribution in [2.45, 2.75) is 18.9 Å². The maximum atomic E-state index is 14.4. The highest BCUT2D eigenvalue weighted by Crippen LogP contribution is 2.39. The molecule has 1 aromatic carbocycles. The molecule has 7 heteroatoms. The highest BCUT2D eigenvalue weighted by Gasteiger charge is 2.45. The first-order valence-corrected chi connectivity index (χ1v) is 7.55. The zero-order valence-corrected chi connectivity index (χ0v) is 13.3. The second-order valence-corrected chi connectivity index (χ2v) is 6.15. The van der Waals surface area contributed by atoms with Crippen LogP contribution >= 0.6 is 15.9 Å². The lowest BCUT2D eigenvalue weighted by molar-refractivity contribution is -0.119. The van der Waals surface area contributed by atoms with Crippen molar-refractivity contribution < 1.29 is 18.3 Å². The van der Waals surface area contributed by atoms with E-state index >= 15 is 0 Å². The quantitative estimate of drug-likeness (QED) is 0.859. The summed E-state index contributed by atoms with van der Waals surface area (Å²) >= 11 is 3.22. The molecule has 1 heterocycles. The van der Waals surface area contributed by atoms with Crippen molar-refractivity contribution in [2.24, 2.45) is 0 Å². The molecule has 1 fully saturated rings. The molecular weight excluding hydrogens is 349 g/mol. The Morgan fingerprint density at radius 1 is 1.38 bits per heavy atom. The van der Waals surface area contributed by atoms with Crippen LogP contribution in [0.25, 0.3) is 0 Å². The zero-order chi connectivity index (χ0) is 15.6. The molecule has 1 aliphatic rings. The molecule has 2 rings (SSSR count). The monoisotopic (exact) mass is 366 g/mol. The lowest BCUT2D eigenvalue weighted by atomic mass is 9.96. The van der Waals surface area contributed by atoms with Crippen LogP contribution in [-0.4, -0.2) is 48.7 Å². The zero-order valence-electron chi connectivity index (χ0n) is 11.7. The fourth-order valence-electron chi connectivity index (χ4n) is 2.67. The van der Waals surface area contributed by atoms with Crippen LogP contribution in [0.5, 0.6) is 0 Å². The van der Waals surface area contributed by atoms with Crippen molar-refractivity contribution in [1.29, 1.82) is 0 Å². The molecule has 0 bridgehead atoms. The first kappa shape index (κ1) is 16.7. The van der Waals surface area contributed by atoms with Crippen LogP contribution in [0.2, 0.25) is 0 Å². The van der Waals surface area contributed by atoms with Crippen molar-refractivity contribution in [3.8, 4) is 0 Å². The minimum Gasteiger partial charge on any atom is -0.390 e. The Hall–Kier alpha value is -0.630. The number of nitrogens with zero attached hydrogens (tertiary/aromatic N) is 1. The molecule has 118 valence electrons. The predicted octanol–water partition coefficient (Wildman–Crippen LogP) is 2.47. The van der Waals surface area contributed by atoms with Crippen LogP contribution in [0.3, 0.4) is 0 Å². The Morgan fingerprint density at radius 3 is 2.57 bits per heavy atom. The maximum Gasteiger partial charge on any atom is 0.290 e. The summed E-state index contributed by atoms with van der Waals surface area (Å²) in [6, 6.07) is 1.45. The maximum absolute atomic E-state index is 14.4. The average Bonchev–Trinajstić information content (AvgIpc) is 2.45. The van der Waals surface area contributed by atoms with Gasteiger partial charge in [-0.05, 0) is 24.6 Å². The highest BCUT2D eigenvalue weighted by molar-refractivity contribution is 9.10. The van der Waals surface area contributed by atoms with Crippen LogP contribution < -0.4 is 5.32 Å². The molecule has 0 spiro atoms. The number of aryl methyl sites for hydroxylation is 1. The summed E-state index contributed by atoms with van der Waals surface area (Å²) in [6.45, 7) is 2.11. The van der Waals surface area contributed by atoms with Gasteiger partial charge in [-0.1, -0.05) is 15.9 Å². The smallest absolute Gasteiger partial charge is 0.290 e. The molecule has 0 saturated carbocycles. The summed E-state index contributed by atoms with van der Waals surface area (Å²) < 4.78 is 43.4. The largest absolute Gasteiger partial charge is 0.390 e. The number of halogens is 4. The van der Waals surface area contributed by atoms with Crippen LogP contribution in [0.4, 0.5) is 13.2 Å². The Kier molecular flexibility index (Phi) is 5.29. The number of hydrogen-bond acceptors (Lipinski definition) is 3. The number of benzene rings is 1. The second-order valence-electron chi connectivity index (χ2n) is 5.23. The van der Waals surface area contributed by atoms with Gasteiger partial charge in [0.05, 0.1) is 0 Å². The van der Waals surface area contributed by atoms with Gasteiger partial charge in [-0.15, -0.1) is 0 Å². The summed E-state index contributed by atoms with van der Waals surface area (Å²) in [5, 5.41) is 12.1. The first-order valence-electron chi connectivity index (χ1n) is 6.76. The Morgan fingerprint density at radius 2 is 2.00 bits per heavy atom. The van der Waals surface area contributed by atoms with E-state index in [4.69, 9.17) is 5.11 Å². The fraction of sp³-hybridized carbons (Fsp3) is 0.571. The van der Waals surface area contributed by atoms with Crippen molar-refractivity contribution in [2.75, 3.05) is 32.8 Å². The SMILES string of the molecule is Cc1cc(Br)cc([C@@H](N2CCNCC2)C(F)(F)CO)c1F. The van der Waals surface area contributed by atoms with E-state index in [9.17, 15) is 13.2 Å². The first-order chi connectivity index (χ1) is 9.86. The number of aliphatic hydroxyl groups is 1. The third kappa shape index (κ3) is 3.59. The molecule has 1 atom stereocenters. The third-order valence-electron chi connectivity index (χ3n) is 3.67. The molecule has 2 N–H and O–H groups in total. The summed E-state index contributed by atoms with van der Waals surface area (Å²) in [6.07, 6.45) is 0. The van der Waals surface area contributed by atoms with Gasteiger partial charge in [-0.25, -0.2) is 13.2 Å². The number of piperazine rings is 1. The van der Waals surface area contributed by atoms with Gasteiger partial charge < -0.3 is 10.4 Å². The average molecular weight is 367 g/mol. The molecule has 0 aromatic heterocycles. The molecule has 21 heavy (non-hydrogen) atoms. The van der Waals surface area contributed by atoms with Gasteiger partial charge in [-0.3, -0.25) is 4.90 Å². The highest BCUT2D eigenvalue weighted by atomic mass is 79.9. The summed E-state index contributed by atoms with van der Waals surface area (Å²) in [5.74, 6) is -4.05. The number of nitrogens with one attached hydrogen (secondary N) is 1. The summed E-state index contributed by atoms with van der Waals surface area (Å²) in [5.41, 5.74) is 0.219. The van der Waals surface area contributed by atoms with E-state index in [0.717, 1.165) is 0 Å². The van der Waals surface area contributed by atoms with Crippen molar-refractivity contribution in [3.63, 3.8) is 0 Å². The van der Waals surface area contributed by atoms with Gasteiger partial charge in [0.15, 0.2) is 0 Å². The fourth-order valence-corrected chi connectivity index (χ4v) is 3.26.